The third-order valence-corrected chi connectivity index (χ3v) is 8.28. The van der Waals surface area contributed by atoms with Gasteiger partial charge in [-0.1, -0.05) is 71.4 Å². The van der Waals surface area contributed by atoms with Crippen LogP contribution in [-0.2, 0) is 26.2 Å². The number of aryl methyl sites for hydroxylation is 1. The van der Waals surface area contributed by atoms with Crippen molar-refractivity contribution in [1.29, 1.82) is 0 Å². The predicted octanol–water partition coefficient (Wildman–Crippen LogP) is 4.90. The van der Waals surface area contributed by atoms with E-state index in [0.29, 0.717) is 17.8 Å². The Bertz CT molecular complexity index is 1310. The molecule has 0 heterocycles. The molecule has 0 saturated heterocycles. The molecule has 0 bridgehead atoms. The molecule has 0 unspecified atom stereocenters. The number of carbonyl (C=O) groups excluding carboxylic acids is 2. The molecule has 1 N–H and O–H groups in total. The summed E-state index contributed by atoms with van der Waals surface area (Å²) in [4.78, 5) is 28.2. The number of carbonyl (C=O) groups is 2. The van der Waals surface area contributed by atoms with Gasteiger partial charge in [-0.05, 0) is 61.7 Å². The molecule has 37 heavy (non-hydrogen) atoms. The number of para-hydroxylation sites is 1. The second-order valence-corrected chi connectivity index (χ2v) is 11.5. The highest BCUT2D eigenvalue weighted by atomic mass is 79.9. The van der Waals surface area contributed by atoms with Gasteiger partial charge in [0.1, 0.15) is 12.6 Å². The highest BCUT2D eigenvalue weighted by Gasteiger charge is 2.32. The minimum absolute atomic E-state index is 0.0826. The van der Waals surface area contributed by atoms with Crippen LogP contribution in [0.3, 0.4) is 0 Å². The number of rotatable bonds is 11. The zero-order valence-corrected chi connectivity index (χ0v) is 23.6. The summed E-state index contributed by atoms with van der Waals surface area (Å²) in [6.07, 6.45) is 0.759. The van der Waals surface area contributed by atoms with Crippen LogP contribution in [0, 0.1) is 6.92 Å². The summed E-state index contributed by atoms with van der Waals surface area (Å²) in [5, 5.41) is 2.84. The number of hydrogen-bond acceptors (Lipinski definition) is 4. The quantitative estimate of drug-likeness (QED) is 0.347. The number of nitrogens with one attached hydrogen (secondary N) is 1. The van der Waals surface area contributed by atoms with E-state index in [9.17, 15) is 18.0 Å². The number of hydrogen-bond donors (Lipinski definition) is 1. The average molecular weight is 587 g/mol. The van der Waals surface area contributed by atoms with Gasteiger partial charge in [-0.15, -0.1) is 0 Å². The first kappa shape index (κ1) is 28.4. The summed E-state index contributed by atoms with van der Waals surface area (Å²) >= 11 is 3.41. The van der Waals surface area contributed by atoms with Crippen LogP contribution >= 0.6 is 15.9 Å². The Morgan fingerprint density at radius 2 is 1.57 bits per heavy atom. The fourth-order valence-electron chi connectivity index (χ4n) is 3.84. The summed E-state index contributed by atoms with van der Waals surface area (Å²) in [6, 6.07) is 21.7. The fourth-order valence-corrected chi connectivity index (χ4v) is 5.61. The largest absolute Gasteiger partial charge is 0.354 e. The lowest BCUT2D eigenvalue weighted by atomic mass is 10.1. The Balaban J connectivity index is 2.01. The summed E-state index contributed by atoms with van der Waals surface area (Å²) < 4.78 is 29.5. The minimum Gasteiger partial charge on any atom is -0.354 e. The van der Waals surface area contributed by atoms with Crippen LogP contribution in [0.5, 0.6) is 0 Å². The van der Waals surface area contributed by atoms with Gasteiger partial charge in [0.25, 0.3) is 10.0 Å². The highest BCUT2D eigenvalue weighted by Crippen LogP contribution is 2.27. The lowest BCUT2D eigenvalue weighted by Gasteiger charge is -2.32. The van der Waals surface area contributed by atoms with E-state index in [1.54, 1.807) is 50.2 Å². The molecule has 0 aliphatic heterocycles. The van der Waals surface area contributed by atoms with E-state index in [-0.39, 0.29) is 17.3 Å². The summed E-state index contributed by atoms with van der Waals surface area (Å²) in [5.41, 5.74) is 1.94. The van der Waals surface area contributed by atoms with Crippen molar-refractivity contribution in [2.45, 2.75) is 44.7 Å². The lowest BCUT2D eigenvalue weighted by Crippen LogP contribution is -2.51. The number of amides is 2. The second kappa shape index (κ2) is 12.9. The summed E-state index contributed by atoms with van der Waals surface area (Å²) in [5.74, 6) is -0.773. The average Bonchev–Trinajstić information content (AvgIpc) is 2.90. The molecule has 0 aromatic heterocycles. The van der Waals surface area contributed by atoms with Crippen molar-refractivity contribution in [2.75, 3.05) is 17.4 Å². The maximum Gasteiger partial charge on any atom is 0.264 e. The Morgan fingerprint density at radius 1 is 0.946 bits per heavy atom. The Labute approximate surface area is 227 Å². The third kappa shape index (κ3) is 7.20. The highest BCUT2D eigenvalue weighted by molar-refractivity contribution is 9.10. The number of anilines is 1. The van der Waals surface area contributed by atoms with Crippen molar-refractivity contribution in [1.82, 2.24) is 10.2 Å². The topological polar surface area (TPSA) is 86.8 Å². The Hall–Kier alpha value is -3.17. The molecule has 2 amide bonds. The Morgan fingerprint density at radius 3 is 2.19 bits per heavy atom. The van der Waals surface area contributed by atoms with Gasteiger partial charge in [-0.2, -0.15) is 0 Å². The van der Waals surface area contributed by atoms with E-state index < -0.39 is 28.5 Å². The molecule has 9 heteroatoms. The molecular weight excluding hydrogens is 554 g/mol. The minimum atomic E-state index is -4.06. The van der Waals surface area contributed by atoms with E-state index in [0.717, 1.165) is 20.8 Å². The van der Waals surface area contributed by atoms with Crippen molar-refractivity contribution >= 4 is 43.5 Å². The summed E-state index contributed by atoms with van der Waals surface area (Å²) in [6.45, 7) is 5.59. The molecule has 0 aliphatic carbocycles. The third-order valence-electron chi connectivity index (χ3n) is 5.98. The number of nitrogens with zero attached hydrogens (tertiary/aromatic N) is 2. The van der Waals surface area contributed by atoms with Crippen molar-refractivity contribution in [3.8, 4) is 0 Å². The fraction of sp³-hybridized carbons (Fsp3) is 0.286. The van der Waals surface area contributed by atoms with E-state index >= 15 is 0 Å². The van der Waals surface area contributed by atoms with Gasteiger partial charge in [0.15, 0.2) is 0 Å². The first-order valence-corrected chi connectivity index (χ1v) is 14.3. The first-order valence-electron chi connectivity index (χ1n) is 12.1. The number of benzene rings is 3. The zero-order valence-electron chi connectivity index (χ0n) is 21.2. The van der Waals surface area contributed by atoms with Gasteiger partial charge in [0.05, 0.1) is 10.6 Å². The van der Waals surface area contributed by atoms with E-state index in [1.165, 1.54) is 17.0 Å². The van der Waals surface area contributed by atoms with Gasteiger partial charge in [-0.3, -0.25) is 13.9 Å². The van der Waals surface area contributed by atoms with Crippen molar-refractivity contribution in [2.24, 2.45) is 0 Å². The van der Waals surface area contributed by atoms with Crippen LogP contribution < -0.4 is 9.62 Å². The van der Waals surface area contributed by atoms with E-state index in [1.807, 2.05) is 37.3 Å². The smallest absolute Gasteiger partial charge is 0.264 e. The molecule has 0 spiro atoms. The maximum atomic E-state index is 13.8. The monoisotopic (exact) mass is 585 g/mol. The predicted molar refractivity (Wildman–Crippen MR) is 150 cm³/mol. The molecule has 0 radical (unpaired) electrons. The lowest BCUT2D eigenvalue weighted by molar-refractivity contribution is -0.139. The molecule has 0 saturated carbocycles. The van der Waals surface area contributed by atoms with Crippen LogP contribution in [0.15, 0.2) is 88.2 Å². The van der Waals surface area contributed by atoms with Crippen LogP contribution in [0.25, 0.3) is 0 Å². The van der Waals surface area contributed by atoms with Gasteiger partial charge in [0, 0.05) is 17.6 Å². The van der Waals surface area contributed by atoms with Crippen LogP contribution in [0.4, 0.5) is 5.69 Å². The molecule has 3 aromatic carbocycles. The van der Waals surface area contributed by atoms with Gasteiger partial charge in [-0.25, -0.2) is 8.42 Å². The molecule has 3 aromatic rings. The van der Waals surface area contributed by atoms with Crippen LogP contribution in [0.2, 0.25) is 0 Å². The second-order valence-electron chi connectivity index (χ2n) is 8.73. The van der Waals surface area contributed by atoms with E-state index in [4.69, 9.17) is 0 Å². The SMILES string of the molecule is CCCNC(=O)[C@H](C)N(Cc1ccc(Br)cc1)C(=O)CN(c1ccccc1C)S(=O)(=O)c1ccccc1. The van der Waals surface area contributed by atoms with Crippen LogP contribution in [0.1, 0.15) is 31.4 Å². The van der Waals surface area contributed by atoms with Crippen molar-refractivity contribution in [3.05, 3.63) is 94.5 Å². The molecular formula is C28H32BrN3O4S. The molecule has 1 atom stereocenters. The van der Waals surface area contributed by atoms with Gasteiger partial charge >= 0.3 is 0 Å². The van der Waals surface area contributed by atoms with Crippen molar-refractivity contribution in [3.63, 3.8) is 0 Å². The van der Waals surface area contributed by atoms with Crippen LogP contribution in [-0.4, -0.2) is 44.3 Å². The molecule has 0 fully saturated rings. The number of halogens is 1. The molecule has 0 aliphatic rings. The molecule has 196 valence electrons. The zero-order chi connectivity index (χ0) is 27.0. The summed E-state index contributed by atoms with van der Waals surface area (Å²) in [7, 11) is -4.06. The maximum absolute atomic E-state index is 13.8. The van der Waals surface area contributed by atoms with E-state index in [2.05, 4.69) is 21.2 Å². The molecule has 7 nitrogen and oxygen atoms in total. The first-order chi connectivity index (χ1) is 17.6. The van der Waals surface area contributed by atoms with Gasteiger partial charge < -0.3 is 10.2 Å². The number of sulfonamides is 1. The molecule has 3 rings (SSSR count). The Kier molecular flexibility index (Phi) is 9.88. The normalized spacial score (nSPS) is 12.0. The van der Waals surface area contributed by atoms with Gasteiger partial charge in [0.2, 0.25) is 11.8 Å². The van der Waals surface area contributed by atoms with Crippen molar-refractivity contribution < 1.29 is 18.0 Å². The standard InChI is InChI=1S/C28H32BrN3O4S/c1-4-18-30-28(34)22(3)31(19-23-14-16-24(29)17-15-23)27(33)20-32(26-13-9-8-10-21(26)2)37(35,36)25-11-6-5-7-12-25/h5-17,22H,4,18-20H2,1-3H3,(H,30,34)/t22-/m0/s1.